The van der Waals surface area contributed by atoms with Crippen LogP contribution in [0.3, 0.4) is 0 Å². The molecule has 3 heteroatoms. The molecular weight excluding hydrogens is 402 g/mol. The van der Waals surface area contributed by atoms with Crippen molar-refractivity contribution in [1.29, 1.82) is 0 Å². The van der Waals surface area contributed by atoms with E-state index in [2.05, 4.69) is 62.5 Å². The lowest BCUT2D eigenvalue weighted by atomic mass is 9.86. The first-order valence-corrected chi connectivity index (χ1v) is 12.6. The zero-order chi connectivity index (χ0) is 23.5. The molecule has 2 heterocycles. The number of rotatable bonds is 10. The molecule has 2 aliphatic rings. The van der Waals surface area contributed by atoms with Gasteiger partial charge in [0.15, 0.2) is 0 Å². The number of allylic oxidation sites excluding steroid dienone is 3. The number of hydrogen-bond acceptors (Lipinski definition) is 3. The summed E-state index contributed by atoms with van der Waals surface area (Å²) in [5, 5.41) is 0. The molecule has 2 aromatic heterocycles. The number of nitrogens with zero attached hydrogens (tertiary/aromatic N) is 3. The minimum absolute atomic E-state index is 0.412. The lowest BCUT2D eigenvalue weighted by molar-refractivity contribution is 0.655. The van der Waals surface area contributed by atoms with E-state index in [1.54, 1.807) is 0 Å². The van der Waals surface area contributed by atoms with Crippen LogP contribution in [0.15, 0.2) is 53.8 Å². The second-order valence-corrected chi connectivity index (χ2v) is 10.0. The van der Waals surface area contributed by atoms with E-state index in [1.807, 2.05) is 25.5 Å². The molecule has 0 saturated heterocycles. The van der Waals surface area contributed by atoms with E-state index >= 15 is 0 Å². The van der Waals surface area contributed by atoms with Crippen LogP contribution in [0, 0.1) is 25.7 Å². The van der Waals surface area contributed by atoms with E-state index in [-0.39, 0.29) is 0 Å². The van der Waals surface area contributed by atoms with Crippen LogP contribution in [-0.4, -0.2) is 22.7 Å². The molecule has 174 valence electrons. The number of hydrogen-bond donors (Lipinski definition) is 0. The molecule has 33 heavy (non-hydrogen) atoms. The Morgan fingerprint density at radius 3 is 2.42 bits per heavy atom. The van der Waals surface area contributed by atoms with Crippen molar-refractivity contribution in [3.8, 4) is 0 Å². The van der Waals surface area contributed by atoms with Gasteiger partial charge in [0.1, 0.15) is 0 Å². The van der Waals surface area contributed by atoms with Gasteiger partial charge in [0, 0.05) is 54.3 Å². The molecule has 2 saturated carbocycles. The van der Waals surface area contributed by atoms with Crippen LogP contribution in [0.4, 0.5) is 0 Å². The Morgan fingerprint density at radius 2 is 1.79 bits per heavy atom. The Morgan fingerprint density at radius 1 is 1.12 bits per heavy atom. The van der Waals surface area contributed by atoms with Crippen molar-refractivity contribution >= 4 is 5.71 Å². The van der Waals surface area contributed by atoms with Crippen LogP contribution in [0.5, 0.6) is 0 Å². The Kier molecular flexibility index (Phi) is 7.26. The first-order valence-electron chi connectivity index (χ1n) is 12.6. The molecule has 0 amide bonds. The third-order valence-electron chi connectivity index (χ3n) is 7.79. The Labute approximate surface area is 200 Å². The molecule has 0 aromatic carbocycles. The molecule has 4 rings (SSSR count). The van der Waals surface area contributed by atoms with Crippen molar-refractivity contribution in [1.82, 2.24) is 9.97 Å². The number of pyridine rings is 2. The smallest absolute Gasteiger partial charge is 0.0469 e. The quantitative estimate of drug-likeness (QED) is 0.292. The summed E-state index contributed by atoms with van der Waals surface area (Å²) in [5.74, 6) is 2.42. The monoisotopic (exact) mass is 441 g/mol. The van der Waals surface area contributed by atoms with Crippen molar-refractivity contribution < 1.29 is 0 Å². The molecule has 0 aliphatic heterocycles. The van der Waals surface area contributed by atoms with Crippen LogP contribution in [-0.2, 0) is 12.8 Å². The van der Waals surface area contributed by atoms with Crippen molar-refractivity contribution in [2.24, 2.45) is 16.8 Å². The summed E-state index contributed by atoms with van der Waals surface area (Å²) in [6, 6.07) is 4.46. The SMILES string of the molecule is C=C/C=C(C)\C(=N/C)C(CC)Cc1ccnc(C2CC2Cc2ccnc(C3CC3)c2C)c1C. The molecule has 2 fully saturated rings. The summed E-state index contributed by atoms with van der Waals surface area (Å²) in [6.45, 7) is 12.8. The van der Waals surface area contributed by atoms with Crippen molar-refractivity contribution in [3.63, 3.8) is 0 Å². The third kappa shape index (κ3) is 5.18. The number of aromatic nitrogens is 2. The molecule has 2 aliphatic carbocycles. The molecule has 3 unspecified atom stereocenters. The van der Waals surface area contributed by atoms with E-state index in [1.165, 1.54) is 64.2 Å². The van der Waals surface area contributed by atoms with E-state index in [4.69, 9.17) is 4.98 Å². The fourth-order valence-electron chi connectivity index (χ4n) is 5.51. The summed E-state index contributed by atoms with van der Waals surface area (Å²) in [4.78, 5) is 14.2. The lowest BCUT2D eigenvalue weighted by Crippen LogP contribution is -2.19. The number of aliphatic imine (C=N–C) groups is 1. The second-order valence-electron chi connectivity index (χ2n) is 10.0. The van der Waals surface area contributed by atoms with Gasteiger partial charge in [-0.3, -0.25) is 15.0 Å². The first-order chi connectivity index (χ1) is 16.0. The van der Waals surface area contributed by atoms with E-state index < -0.39 is 0 Å². The Bertz CT molecular complexity index is 1070. The third-order valence-corrected chi connectivity index (χ3v) is 7.79. The van der Waals surface area contributed by atoms with Gasteiger partial charge in [0.25, 0.3) is 0 Å². The molecule has 3 atom stereocenters. The van der Waals surface area contributed by atoms with Gasteiger partial charge in [-0.25, -0.2) is 0 Å². The minimum atomic E-state index is 0.412. The van der Waals surface area contributed by atoms with Gasteiger partial charge in [0.2, 0.25) is 0 Å². The molecule has 0 N–H and O–H groups in total. The molecule has 0 radical (unpaired) electrons. The maximum atomic E-state index is 4.87. The molecule has 0 spiro atoms. The van der Waals surface area contributed by atoms with Gasteiger partial charge in [-0.1, -0.05) is 25.7 Å². The van der Waals surface area contributed by atoms with Gasteiger partial charge in [0.05, 0.1) is 0 Å². The zero-order valence-electron chi connectivity index (χ0n) is 21.1. The predicted molar refractivity (Wildman–Crippen MR) is 139 cm³/mol. The van der Waals surface area contributed by atoms with Crippen LogP contribution in [0.25, 0.3) is 0 Å². The van der Waals surface area contributed by atoms with Crippen molar-refractivity contribution in [3.05, 3.63) is 82.5 Å². The topological polar surface area (TPSA) is 38.1 Å². The van der Waals surface area contributed by atoms with Gasteiger partial charge >= 0.3 is 0 Å². The molecule has 3 nitrogen and oxygen atoms in total. The lowest BCUT2D eigenvalue weighted by Gasteiger charge is -2.20. The molecule has 2 aromatic rings. The summed E-state index contributed by atoms with van der Waals surface area (Å²) in [6.07, 6.45) is 15.1. The Balaban J connectivity index is 1.48. The average molecular weight is 442 g/mol. The highest BCUT2D eigenvalue weighted by molar-refractivity contribution is 6.01. The van der Waals surface area contributed by atoms with Gasteiger partial charge in [-0.2, -0.15) is 0 Å². The highest BCUT2D eigenvalue weighted by Gasteiger charge is 2.41. The maximum absolute atomic E-state index is 4.87. The summed E-state index contributed by atoms with van der Waals surface area (Å²) in [5.41, 5.74) is 10.8. The summed E-state index contributed by atoms with van der Waals surface area (Å²) >= 11 is 0. The molecular formula is C30H39N3. The minimum Gasteiger partial charge on any atom is -0.293 e. The highest BCUT2D eigenvalue weighted by atomic mass is 14.7. The fraction of sp³-hybridized carbons (Fsp3) is 0.500. The van der Waals surface area contributed by atoms with Crippen LogP contribution >= 0.6 is 0 Å². The zero-order valence-corrected chi connectivity index (χ0v) is 21.1. The van der Waals surface area contributed by atoms with E-state index in [9.17, 15) is 0 Å². The molecule has 0 bridgehead atoms. The van der Waals surface area contributed by atoms with Crippen LogP contribution in [0.2, 0.25) is 0 Å². The fourth-order valence-corrected chi connectivity index (χ4v) is 5.51. The van der Waals surface area contributed by atoms with Gasteiger partial charge in [-0.15, -0.1) is 0 Å². The van der Waals surface area contributed by atoms with E-state index in [0.29, 0.717) is 23.7 Å². The maximum Gasteiger partial charge on any atom is 0.0469 e. The normalized spacial score (nSPS) is 21.7. The van der Waals surface area contributed by atoms with Gasteiger partial charge < -0.3 is 0 Å². The average Bonchev–Trinajstić information content (AvgIpc) is 3.72. The Hall–Kier alpha value is -2.55. The van der Waals surface area contributed by atoms with Gasteiger partial charge in [-0.05, 0) is 105 Å². The summed E-state index contributed by atoms with van der Waals surface area (Å²) in [7, 11) is 1.91. The second kappa shape index (κ2) is 10.2. The standard InChI is InChI=1S/C30H39N3/c1-7-9-19(3)28(31-6)22(8-2)16-24-13-15-33-30(21(24)5)27-18-26(27)17-25-12-14-32-29(20(25)4)23-10-11-23/h7,9,12-15,22-23,26-27H,1,8,10-11,16-18H2,2-6H3/b19-9-,31-28+. The van der Waals surface area contributed by atoms with E-state index in [0.717, 1.165) is 19.3 Å². The van der Waals surface area contributed by atoms with Crippen molar-refractivity contribution in [2.75, 3.05) is 7.05 Å². The van der Waals surface area contributed by atoms with Crippen molar-refractivity contribution in [2.45, 2.75) is 78.1 Å². The predicted octanol–water partition coefficient (Wildman–Crippen LogP) is 7.09. The highest BCUT2D eigenvalue weighted by Crippen LogP contribution is 2.50. The first kappa shape index (κ1) is 23.6. The summed E-state index contributed by atoms with van der Waals surface area (Å²) < 4.78 is 0. The largest absolute Gasteiger partial charge is 0.293 e. The van der Waals surface area contributed by atoms with Crippen LogP contribution < -0.4 is 0 Å². The van der Waals surface area contributed by atoms with Crippen LogP contribution in [0.1, 0.15) is 85.0 Å².